The van der Waals surface area contributed by atoms with Gasteiger partial charge in [0.2, 0.25) is 0 Å². The van der Waals surface area contributed by atoms with E-state index in [4.69, 9.17) is 4.74 Å². The highest BCUT2D eigenvalue weighted by molar-refractivity contribution is 5.96. The molecule has 2 aliphatic heterocycles. The van der Waals surface area contributed by atoms with Gasteiger partial charge in [0.15, 0.2) is 5.78 Å². The van der Waals surface area contributed by atoms with E-state index in [2.05, 4.69) is 76.5 Å². The third-order valence-corrected chi connectivity index (χ3v) is 9.74. The summed E-state index contributed by atoms with van der Waals surface area (Å²) in [6.45, 7) is 12.3. The van der Waals surface area contributed by atoms with E-state index in [0.29, 0.717) is 24.7 Å². The zero-order valence-corrected chi connectivity index (χ0v) is 27.0. The topological polar surface area (TPSA) is 49.9 Å². The number of fused-ring (bicyclic) bond motifs is 1. The van der Waals surface area contributed by atoms with Crippen LogP contribution in [0, 0.1) is 5.92 Å². The van der Waals surface area contributed by atoms with Gasteiger partial charge in [-0.2, -0.15) is 0 Å². The predicted octanol–water partition coefficient (Wildman–Crippen LogP) is 7.39. The number of piperidine rings is 1. The first-order valence-electron chi connectivity index (χ1n) is 16.7. The highest BCUT2D eigenvalue weighted by atomic mass is 16.5. The fourth-order valence-electron chi connectivity index (χ4n) is 6.82. The molecule has 5 rings (SSSR count). The number of carbonyl (C=O) groups excluding carboxylic acids is 2. The van der Waals surface area contributed by atoms with Crippen LogP contribution in [0.2, 0.25) is 0 Å². The van der Waals surface area contributed by atoms with Gasteiger partial charge in [0.1, 0.15) is 0 Å². The Bertz CT molecular complexity index is 1390. The summed E-state index contributed by atoms with van der Waals surface area (Å²) in [5, 5.41) is 0. The molecule has 1 fully saturated rings. The number of likely N-dealkylation sites (tertiary alicyclic amines) is 1. The number of benzene rings is 3. The molecule has 0 N–H and O–H groups in total. The normalized spacial score (nSPS) is 16.7. The van der Waals surface area contributed by atoms with Crippen LogP contribution in [0.5, 0.6) is 0 Å². The van der Waals surface area contributed by atoms with Crippen LogP contribution in [0.15, 0.2) is 72.8 Å². The Hall–Kier alpha value is -3.28. The first kappa shape index (κ1) is 32.1. The van der Waals surface area contributed by atoms with Crippen molar-refractivity contribution in [3.05, 3.63) is 106 Å². The summed E-state index contributed by atoms with van der Waals surface area (Å²) < 4.78 is 5.31. The van der Waals surface area contributed by atoms with Crippen molar-refractivity contribution >= 4 is 11.8 Å². The smallest absolute Gasteiger partial charge is 0.315 e. The number of nitrogens with zero attached hydrogens (tertiary/aromatic N) is 2. The zero-order chi connectivity index (χ0) is 30.9. The molecule has 0 saturated carbocycles. The highest BCUT2D eigenvalue weighted by Crippen LogP contribution is 2.28. The number of hydrogen-bond acceptors (Lipinski definition) is 5. The molecule has 3 aromatic carbocycles. The van der Waals surface area contributed by atoms with Crippen LogP contribution in [-0.4, -0.2) is 54.3 Å². The number of ether oxygens (including phenoxy) is 1. The first-order valence-corrected chi connectivity index (χ1v) is 16.7. The number of carbonyl (C=O) groups is 2. The summed E-state index contributed by atoms with van der Waals surface area (Å²) in [6, 6.07) is 25.6. The van der Waals surface area contributed by atoms with Gasteiger partial charge >= 0.3 is 5.97 Å². The van der Waals surface area contributed by atoms with Gasteiger partial charge in [-0.3, -0.25) is 19.4 Å². The molecule has 5 heteroatoms. The number of ketones is 1. The second-order valence-corrected chi connectivity index (χ2v) is 13.3. The first-order chi connectivity index (χ1) is 21.3. The standard InChI is InChI=1S/C39H50N2O3/c1-4-44-38(43)39(2,3)36-14-8-13-32(26-36)29-40-22-18-30(19-23-40)12-9-15-37(42)35-17-16-33-20-24-41(25-21-34(33)27-35)28-31-10-6-5-7-11-31/h5-8,10-11,13-14,16-17,26-27,30H,4,9,12,15,18-25,28-29H2,1-3H3. The minimum atomic E-state index is -0.654. The SMILES string of the molecule is CCOC(=O)C(C)(C)c1cccc(CN2CCC(CCCC(=O)c3ccc4c(c3)CCN(Cc3ccccc3)CC4)CC2)c1. The molecule has 2 aliphatic rings. The fraction of sp³-hybridized carbons (Fsp3) is 0.487. The quantitative estimate of drug-likeness (QED) is 0.162. The summed E-state index contributed by atoms with van der Waals surface area (Å²) in [5.41, 5.74) is 6.61. The molecule has 3 aromatic rings. The average molecular weight is 595 g/mol. The van der Waals surface area contributed by atoms with Crippen LogP contribution >= 0.6 is 0 Å². The maximum atomic E-state index is 13.1. The largest absolute Gasteiger partial charge is 0.465 e. The average Bonchev–Trinajstić information content (AvgIpc) is 3.24. The van der Waals surface area contributed by atoms with E-state index in [9.17, 15) is 9.59 Å². The van der Waals surface area contributed by atoms with Crippen LogP contribution in [0.1, 0.15) is 91.1 Å². The van der Waals surface area contributed by atoms with Crippen LogP contribution in [0.4, 0.5) is 0 Å². The second kappa shape index (κ2) is 15.1. The van der Waals surface area contributed by atoms with E-state index < -0.39 is 5.41 Å². The van der Waals surface area contributed by atoms with Crippen molar-refractivity contribution in [1.29, 1.82) is 0 Å². The van der Waals surface area contributed by atoms with E-state index in [1.165, 1.54) is 35.1 Å². The molecule has 0 amide bonds. The van der Waals surface area contributed by atoms with E-state index in [1.807, 2.05) is 26.8 Å². The van der Waals surface area contributed by atoms with Crippen molar-refractivity contribution < 1.29 is 14.3 Å². The van der Waals surface area contributed by atoms with Crippen LogP contribution in [0.25, 0.3) is 0 Å². The van der Waals surface area contributed by atoms with Gasteiger partial charge in [0.25, 0.3) is 0 Å². The molecule has 2 heterocycles. The predicted molar refractivity (Wildman–Crippen MR) is 178 cm³/mol. The van der Waals surface area contributed by atoms with Gasteiger partial charge in [0.05, 0.1) is 12.0 Å². The van der Waals surface area contributed by atoms with Crippen molar-refractivity contribution in [2.45, 2.75) is 84.2 Å². The molecule has 0 radical (unpaired) electrons. The summed E-state index contributed by atoms with van der Waals surface area (Å²) in [5.74, 6) is 0.807. The minimum Gasteiger partial charge on any atom is -0.465 e. The lowest BCUT2D eigenvalue weighted by Crippen LogP contribution is -2.34. The van der Waals surface area contributed by atoms with Gasteiger partial charge in [-0.1, -0.05) is 66.7 Å². The molecule has 0 atom stereocenters. The minimum absolute atomic E-state index is 0.176. The highest BCUT2D eigenvalue weighted by Gasteiger charge is 2.31. The molecule has 0 unspecified atom stereocenters. The Balaban J connectivity index is 1.04. The monoisotopic (exact) mass is 594 g/mol. The van der Waals surface area contributed by atoms with Gasteiger partial charge in [-0.15, -0.1) is 0 Å². The molecule has 44 heavy (non-hydrogen) atoms. The van der Waals surface area contributed by atoms with E-state index in [0.717, 1.165) is 76.1 Å². The molecule has 0 aliphatic carbocycles. The van der Waals surface area contributed by atoms with Crippen molar-refractivity contribution in [3.8, 4) is 0 Å². The summed E-state index contributed by atoms with van der Waals surface area (Å²) in [7, 11) is 0. The van der Waals surface area contributed by atoms with Gasteiger partial charge in [0, 0.05) is 38.2 Å². The lowest BCUT2D eigenvalue weighted by Gasteiger charge is -2.32. The Kier molecular flexibility index (Phi) is 11.1. The van der Waals surface area contributed by atoms with Gasteiger partial charge in [-0.05, 0) is 112 Å². The summed E-state index contributed by atoms with van der Waals surface area (Å²) >= 11 is 0. The molecular weight excluding hydrogens is 544 g/mol. The lowest BCUT2D eigenvalue weighted by atomic mass is 9.84. The Morgan fingerprint density at radius 3 is 2.23 bits per heavy atom. The number of hydrogen-bond donors (Lipinski definition) is 0. The molecule has 0 aromatic heterocycles. The maximum absolute atomic E-state index is 13.1. The van der Waals surface area contributed by atoms with Crippen LogP contribution in [-0.2, 0) is 40.9 Å². The van der Waals surface area contributed by atoms with E-state index in [1.54, 1.807) is 0 Å². The Morgan fingerprint density at radius 2 is 1.48 bits per heavy atom. The molecular formula is C39H50N2O3. The summed E-state index contributed by atoms with van der Waals surface area (Å²) in [6.07, 6.45) is 7.16. The molecule has 1 saturated heterocycles. The lowest BCUT2D eigenvalue weighted by molar-refractivity contribution is -0.148. The fourth-order valence-corrected chi connectivity index (χ4v) is 6.82. The Morgan fingerprint density at radius 1 is 0.795 bits per heavy atom. The van der Waals surface area contributed by atoms with Crippen molar-refractivity contribution in [2.75, 3.05) is 32.8 Å². The number of esters is 1. The van der Waals surface area contributed by atoms with E-state index in [-0.39, 0.29) is 5.97 Å². The zero-order valence-electron chi connectivity index (χ0n) is 27.0. The third-order valence-electron chi connectivity index (χ3n) is 9.74. The van der Waals surface area contributed by atoms with Crippen molar-refractivity contribution in [1.82, 2.24) is 9.80 Å². The molecule has 0 spiro atoms. The second-order valence-electron chi connectivity index (χ2n) is 13.3. The molecule has 0 bridgehead atoms. The van der Waals surface area contributed by atoms with Gasteiger partial charge in [-0.25, -0.2) is 0 Å². The van der Waals surface area contributed by atoms with E-state index >= 15 is 0 Å². The third kappa shape index (κ3) is 8.46. The molecule has 234 valence electrons. The van der Waals surface area contributed by atoms with Gasteiger partial charge < -0.3 is 4.74 Å². The Labute approximate surface area is 264 Å². The molecule has 5 nitrogen and oxygen atoms in total. The maximum Gasteiger partial charge on any atom is 0.315 e. The number of Topliss-reactive ketones (excluding diaryl/α,β-unsaturated/α-hetero) is 1. The summed E-state index contributed by atoms with van der Waals surface area (Å²) in [4.78, 5) is 30.7. The number of rotatable bonds is 12. The van der Waals surface area contributed by atoms with Crippen molar-refractivity contribution in [3.63, 3.8) is 0 Å². The van der Waals surface area contributed by atoms with Crippen LogP contribution < -0.4 is 0 Å². The van der Waals surface area contributed by atoms with Crippen molar-refractivity contribution in [2.24, 2.45) is 5.92 Å². The van der Waals surface area contributed by atoms with Crippen LogP contribution in [0.3, 0.4) is 0 Å².